The van der Waals surface area contributed by atoms with Crippen LogP contribution in [0, 0.1) is 5.41 Å². The van der Waals surface area contributed by atoms with Gasteiger partial charge in [-0.2, -0.15) is 0 Å². The minimum absolute atomic E-state index is 0.0768. The minimum Gasteiger partial charge on any atom is -0.396 e. The molecule has 108 valence electrons. The predicted octanol–water partition coefficient (Wildman–Crippen LogP) is 1.86. The number of nitrogens with one attached hydrogen (secondary N) is 1. The highest BCUT2D eigenvalue weighted by Crippen LogP contribution is 2.24. The zero-order valence-electron chi connectivity index (χ0n) is 12.0. The van der Waals surface area contributed by atoms with Crippen molar-refractivity contribution in [2.45, 2.75) is 26.7 Å². The van der Waals surface area contributed by atoms with Gasteiger partial charge in [0.2, 0.25) is 0 Å². The van der Waals surface area contributed by atoms with Crippen molar-refractivity contribution >= 4 is 11.6 Å². The maximum atomic E-state index is 12.3. The van der Waals surface area contributed by atoms with Crippen LogP contribution in [0.1, 0.15) is 37.2 Å². The molecule has 1 amide bonds. The van der Waals surface area contributed by atoms with Crippen LogP contribution in [0.15, 0.2) is 30.6 Å². The summed E-state index contributed by atoms with van der Waals surface area (Å²) in [5.41, 5.74) is 1.02. The Kier molecular flexibility index (Phi) is 4.39. The van der Waals surface area contributed by atoms with E-state index in [2.05, 4.69) is 10.3 Å². The SMILES string of the molecule is CCC(CC)(CO)CNC(=O)c1cnc2ccccn12. The molecule has 2 aromatic heterocycles. The fourth-order valence-electron chi connectivity index (χ4n) is 2.24. The number of hydrogen-bond acceptors (Lipinski definition) is 3. The Morgan fingerprint density at radius 3 is 2.80 bits per heavy atom. The van der Waals surface area contributed by atoms with Crippen LogP contribution in [0.4, 0.5) is 0 Å². The van der Waals surface area contributed by atoms with Crippen LogP contribution >= 0.6 is 0 Å². The van der Waals surface area contributed by atoms with Crippen molar-refractivity contribution < 1.29 is 9.90 Å². The van der Waals surface area contributed by atoms with Crippen LogP contribution in [0.5, 0.6) is 0 Å². The van der Waals surface area contributed by atoms with E-state index in [1.165, 1.54) is 0 Å². The molecule has 2 N–H and O–H groups in total. The highest BCUT2D eigenvalue weighted by molar-refractivity contribution is 5.93. The maximum Gasteiger partial charge on any atom is 0.269 e. The molecule has 0 unspecified atom stereocenters. The molecule has 2 heterocycles. The van der Waals surface area contributed by atoms with Gasteiger partial charge in [0.05, 0.1) is 12.8 Å². The molecule has 0 atom stereocenters. The molecule has 0 radical (unpaired) electrons. The number of nitrogens with zero attached hydrogens (tertiary/aromatic N) is 2. The summed E-state index contributed by atoms with van der Waals surface area (Å²) in [6, 6.07) is 5.60. The minimum atomic E-state index is -0.240. The van der Waals surface area contributed by atoms with Crippen molar-refractivity contribution in [3.63, 3.8) is 0 Å². The summed E-state index contributed by atoms with van der Waals surface area (Å²) in [6.07, 6.45) is 5.04. The van der Waals surface area contributed by atoms with Crippen molar-refractivity contribution in [1.82, 2.24) is 14.7 Å². The first-order chi connectivity index (χ1) is 9.65. The largest absolute Gasteiger partial charge is 0.396 e. The van der Waals surface area contributed by atoms with E-state index in [1.807, 2.05) is 38.2 Å². The number of carbonyl (C=O) groups excluding carboxylic acids is 1. The van der Waals surface area contributed by atoms with E-state index in [9.17, 15) is 9.90 Å². The Morgan fingerprint density at radius 2 is 2.15 bits per heavy atom. The van der Waals surface area contributed by atoms with E-state index < -0.39 is 0 Å². The van der Waals surface area contributed by atoms with E-state index in [-0.39, 0.29) is 17.9 Å². The van der Waals surface area contributed by atoms with Gasteiger partial charge < -0.3 is 10.4 Å². The van der Waals surface area contributed by atoms with Crippen molar-refractivity contribution in [2.75, 3.05) is 13.2 Å². The third-order valence-electron chi connectivity index (χ3n) is 4.11. The summed E-state index contributed by atoms with van der Waals surface area (Å²) in [5, 5.41) is 12.4. The third kappa shape index (κ3) is 2.67. The summed E-state index contributed by atoms with van der Waals surface area (Å²) in [7, 11) is 0. The quantitative estimate of drug-likeness (QED) is 0.845. The number of amides is 1. The first kappa shape index (κ1) is 14.5. The molecular weight excluding hydrogens is 254 g/mol. The van der Waals surface area contributed by atoms with Crippen LogP contribution in [0.2, 0.25) is 0 Å². The molecule has 5 nitrogen and oxygen atoms in total. The molecular formula is C15H21N3O2. The van der Waals surface area contributed by atoms with Crippen molar-refractivity contribution in [1.29, 1.82) is 0 Å². The summed E-state index contributed by atoms with van der Waals surface area (Å²) < 4.78 is 1.76. The second kappa shape index (κ2) is 6.05. The summed E-state index contributed by atoms with van der Waals surface area (Å²) in [5.74, 6) is -0.163. The van der Waals surface area contributed by atoms with Gasteiger partial charge in [0.25, 0.3) is 5.91 Å². The second-order valence-corrected chi connectivity index (χ2v) is 5.12. The predicted molar refractivity (Wildman–Crippen MR) is 77.6 cm³/mol. The first-order valence-electron chi connectivity index (χ1n) is 6.97. The van der Waals surface area contributed by atoms with Gasteiger partial charge in [-0.1, -0.05) is 19.9 Å². The molecule has 0 spiro atoms. The Hall–Kier alpha value is -1.88. The average Bonchev–Trinajstić information content (AvgIpc) is 2.93. The highest BCUT2D eigenvalue weighted by atomic mass is 16.3. The van der Waals surface area contributed by atoms with Gasteiger partial charge in [-0.25, -0.2) is 4.98 Å². The number of carbonyl (C=O) groups is 1. The summed E-state index contributed by atoms with van der Waals surface area (Å²) >= 11 is 0. The fraction of sp³-hybridized carbons (Fsp3) is 0.467. The normalized spacial score (nSPS) is 11.8. The summed E-state index contributed by atoms with van der Waals surface area (Å²) in [6.45, 7) is 4.60. The molecule has 5 heteroatoms. The third-order valence-corrected chi connectivity index (χ3v) is 4.11. The Morgan fingerprint density at radius 1 is 1.40 bits per heavy atom. The monoisotopic (exact) mass is 275 g/mol. The van der Waals surface area contributed by atoms with Crippen LogP contribution in [-0.2, 0) is 0 Å². The van der Waals surface area contributed by atoms with Gasteiger partial charge in [-0.05, 0) is 25.0 Å². The lowest BCUT2D eigenvalue weighted by Crippen LogP contribution is -2.39. The molecule has 0 aliphatic rings. The molecule has 0 saturated heterocycles. The Balaban J connectivity index is 2.13. The molecule has 0 aromatic carbocycles. The van der Waals surface area contributed by atoms with Gasteiger partial charge >= 0.3 is 0 Å². The zero-order valence-corrected chi connectivity index (χ0v) is 12.0. The topological polar surface area (TPSA) is 66.6 Å². The number of aliphatic hydroxyl groups excluding tert-OH is 1. The van der Waals surface area contributed by atoms with E-state index >= 15 is 0 Å². The zero-order chi connectivity index (χ0) is 14.6. The van der Waals surface area contributed by atoms with Crippen LogP contribution in [0.25, 0.3) is 5.65 Å². The van der Waals surface area contributed by atoms with Crippen molar-refractivity contribution in [2.24, 2.45) is 5.41 Å². The van der Waals surface area contributed by atoms with Crippen molar-refractivity contribution in [3.05, 3.63) is 36.3 Å². The molecule has 0 saturated carbocycles. The molecule has 0 aliphatic heterocycles. The first-order valence-corrected chi connectivity index (χ1v) is 6.97. The lowest BCUT2D eigenvalue weighted by atomic mass is 9.83. The van der Waals surface area contributed by atoms with Gasteiger partial charge in [-0.15, -0.1) is 0 Å². The number of hydrogen-bond donors (Lipinski definition) is 2. The van der Waals surface area contributed by atoms with Gasteiger partial charge in [-0.3, -0.25) is 9.20 Å². The number of fused-ring (bicyclic) bond motifs is 1. The van der Waals surface area contributed by atoms with Gasteiger partial charge in [0.15, 0.2) is 0 Å². The lowest BCUT2D eigenvalue weighted by molar-refractivity contribution is 0.0846. The number of rotatable bonds is 6. The van der Waals surface area contributed by atoms with Gasteiger partial charge in [0, 0.05) is 18.2 Å². The molecule has 0 fully saturated rings. The smallest absolute Gasteiger partial charge is 0.269 e. The second-order valence-electron chi connectivity index (χ2n) is 5.12. The molecule has 2 rings (SSSR count). The molecule has 0 bridgehead atoms. The Labute approximate surface area is 118 Å². The van der Waals surface area contributed by atoms with Gasteiger partial charge in [0.1, 0.15) is 11.3 Å². The van der Waals surface area contributed by atoms with Crippen molar-refractivity contribution in [3.8, 4) is 0 Å². The van der Waals surface area contributed by atoms with Crippen LogP contribution in [0.3, 0.4) is 0 Å². The highest BCUT2D eigenvalue weighted by Gasteiger charge is 2.26. The Bertz CT molecular complexity index is 579. The fourth-order valence-corrected chi connectivity index (χ4v) is 2.24. The number of aromatic nitrogens is 2. The number of imidazole rings is 1. The average molecular weight is 275 g/mol. The number of aliphatic hydroxyl groups is 1. The molecule has 0 aliphatic carbocycles. The van der Waals surface area contributed by atoms with E-state index in [0.717, 1.165) is 18.5 Å². The standard InChI is InChI=1S/C15H21N3O2/c1-3-15(4-2,11-19)10-17-14(20)12-9-16-13-7-5-6-8-18(12)13/h5-9,19H,3-4,10-11H2,1-2H3,(H,17,20). The summed E-state index contributed by atoms with van der Waals surface area (Å²) in [4.78, 5) is 16.5. The maximum absolute atomic E-state index is 12.3. The van der Waals surface area contributed by atoms with E-state index in [4.69, 9.17) is 0 Å². The molecule has 2 aromatic rings. The number of pyridine rings is 1. The van der Waals surface area contributed by atoms with Crippen LogP contribution < -0.4 is 5.32 Å². The van der Waals surface area contributed by atoms with E-state index in [0.29, 0.717) is 12.2 Å². The van der Waals surface area contributed by atoms with E-state index in [1.54, 1.807) is 10.6 Å². The van der Waals surface area contributed by atoms with Crippen LogP contribution in [-0.4, -0.2) is 33.6 Å². The lowest BCUT2D eigenvalue weighted by Gasteiger charge is -2.29. The molecule has 20 heavy (non-hydrogen) atoms.